The van der Waals surface area contributed by atoms with Gasteiger partial charge in [0.25, 0.3) is 0 Å². The summed E-state index contributed by atoms with van der Waals surface area (Å²) in [4.78, 5) is 3.54. The minimum Gasteiger partial charge on any atom is -0.508 e. The Morgan fingerprint density at radius 2 is 1.69 bits per heavy atom. The van der Waals surface area contributed by atoms with Crippen LogP contribution in [0.5, 0.6) is 5.75 Å². The predicted octanol–water partition coefficient (Wildman–Crippen LogP) is 4.92. The van der Waals surface area contributed by atoms with Crippen LogP contribution < -0.4 is 0 Å². The van der Waals surface area contributed by atoms with Gasteiger partial charge in [0, 0.05) is 45.2 Å². The van der Waals surface area contributed by atoms with E-state index >= 15 is 0 Å². The monoisotopic (exact) mass is 441 g/mol. The van der Waals surface area contributed by atoms with E-state index in [4.69, 9.17) is 16.8 Å². The molecular weight excluding hydrogens is 412 g/mol. The second-order valence-corrected chi connectivity index (χ2v) is 4.77. The first kappa shape index (κ1) is 29.7. The molecule has 3 N–H and O–H groups in total. The standard InChI is InChI=1S/C15H13FO.C2H6O2.C2H6.CH4O.Y/c1-4-12-14(16)6-5-10-7-11(17)8-13(9(2)3)15(10)12;1-2-4-3;2*1-2;/h1,5-9,17H,2-3H3;3H,2H2,1H3;1-2H3;2H,1H3;. The SMILES string of the molecule is C#Cc1c(F)ccc2cc(O)cc(C(C)C)c12.CC.CCOO.CO.[Y]. The molecule has 0 amide bonds. The summed E-state index contributed by atoms with van der Waals surface area (Å²) in [6.45, 7) is 10.1. The summed E-state index contributed by atoms with van der Waals surface area (Å²) in [7, 11) is 1.00. The third-order valence-electron chi connectivity index (χ3n) is 2.98. The van der Waals surface area contributed by atoms with Gasteiger partial charge in [0.05, 0.1) is 12.2 Å². The van der Waals surface area contributed by atoms with Crippen molar-refractivity contribution in [2.24, 2.45) is 0 Å². The fourth-order valence-corrected chi connectivity index (χ4v) is 2.05. The van der Waals surface area contributed by atoms with E-state index in [1.807, 2.05) is 27.7 Å². The van der Waals surface area contributed by atoms with E-state index in [2.05, 4.69) is 10.8 Å². The quantitative estimate of drug-likeness (QED) is 0.352. The Morgan fingerprint density at radius 1 is 1.19 bits per heavy atom. The molecule has 0 aromatic heterocycles. The van der Waals surface area contributed by atoms with Gasteiger partial charge in [-0.05, 0) is 42.0 Å². The van der Waals surface area contributed by atoms with Gasteiger partial charge in [0.2, 0.25) is 0 Å². The number of rotatable bonds is 2. The summed E-state index contributed by atoms with van der Waals surface area (Å²) in [6, 6.07) is 6.22. The number of hydrogen-bond acceptors (Lipinski definition) is 4. The van der Waals surface area contributed by atoms with Crippen molar-refractivity contribution in [1.82, 2.24) is 0 Å². The summed E-state index contributed by atoms with van der Waals surface area (Å²) in [6.07, 6.45) is 5.37. The largest absolute Gasteiger partial charge is 0.508 e. The number of benzene rings is 2. The Kier molecular flexibility index (Phi) is 19.9. The maximum absolute atomic E-state index is 13.7. The van der Waals surface area contributed by atoms with Crippen LogP contribution in [0.25, 0.3) is 10.8 Å². The Labute approximate surface area is 181 Å². The predicted molar refractivity (Wildman–Crippen MR) is 101 cm³/mol. The van der Waals surface area contributed by atoms with Crippen molar-refractivity contribution in [1.29, 1.82) is 0 Å². The molecule has 2 aromatic rings. The number of hydrogen-bond donors (Lipinski definition) is 3. The first-order chi connectivity index (χ1) is 12.0. The molecule has 0 heterocycles. The maximum atomic E-state index is 13.7. The van der Waals surface area contributed by atoms with Crippen LogP contribution in [0.4, 0.5) is 4.39 Å². The number of fused-ring (bicyclic) bond motifs is 1. The third kappa shape index (κ3) is 9.07. The van der Waals surface area contributed by atoms with Crippen LogP contribution in [-0.2, 0) is 37.6 Å². The van der Waals surface area contributed by atoms with Gasteiger partial charge in [-0.3, -0.25) is 5.26 Å². The van der Waals surface area contributed by atoms with E-state index in [9.17, 15) is 9.50 Å². The molecule has 1 radical (unpaired) electrons. The summed E-state index contributed by atoms with van der Waals surface area (Å²) in [5, 5.41) is 25.5. The molecule has 0 aliphatic heterocycles. The average molecular weight is 441 g/mol. The van der Waals surface area contributed by atoms with Gasteiger partial charge in [-0.2, -0.15) is 0 Å². The number of aliphatic hydroxyl groups excluding tert-OH is 1. The van der Waals surface area contributed by atoms with Crippen molar-refractivity contribution in [2.75, 3.05) is 13.7 Å². The molecular formula is C20H29FO4Y. The number of aromatic hydroxyl groups is 1. The van der Waals surface area contributed by atoms with Gasteiger partial charge in [0.1, 0.15) is 11.6 Å². The molecule has 143 valence electrons. The van der Waals surface area contributed by atoms with E-state index < -0.39 is 5.82 Å². The van der Waals surface area contributed by atoms with Gasteiger partial charge in [-0.25, -0.2) is 9.28 Å². The van der Waals surface area contributed by atoms with Crippen molar-refractivity contribution >= 4 is 10.8 Å². The van der Waals surface area contributed by atoms with Crippen LogP contribution in [0, 0.1) is 18.2 Å². The summed E-state index contributed by atoms with van der Waals surface area (Å²) >= 11 is 0. The minimum atomic E-state index is -0.396. The Balaban J connectivity index is -0.000000511. The van der Waals surface area contributed by atoms with Crippen molar-refractivity contribution in [3.8, 4) is 18.1 Å². The van der Waals surface area contributed by atoms with E-state index in [0.29, 0.717) is 6.61 Å². The summed E-state index contributed by atoms with van der Waals surface area (Å²) < 4.78 is 13.7. The maximum Gasteiger partial charge on any atom is 0.139 e. The van der Waals surface area contributed by atoms with Gasteiger partial charge >= 0.3 is 0 Å². The van der Waals surface area contributed by atoms with Crippen LogP contribution in [0.1, 0.15) is 51.7 Å². The summed E-state index contributed by atoms with van der Waals surface area (Å²) in [5.74, 6) is 2.34. The normalized spacial score (nSPS) is 8.65. The number of terminal acetylenes is 1. The second-order valence-electron chi connectivity index (χ2n) is 4.77. The topological polar surface area (TPSA) is 69.9 Å². The number of halogens is 1. The van der Waals surface area contributed by atoms with Gasteiger partial charge in [-0.15, -0.1) is 6.42 Å². The molecule has 0 bridgehead atoms. The molecule has 4 nitrogen and oxygen atoms in total. The Hall–Kier alpha value is -1.03. The molecule has 26 heavy (non-hydrogen) atoms. The van der Waals surface area contributed by atoms with Gasteiger partial charge < -0.3 is 10.2 Å². The zero-order valence-corrected chi connectivity index (χ0v) is 19.2. The molecule has 0 atom stereocenters. The molecule has 0 unspecified atom stereocenters. The molecule has 0 fully saturated rings. The van der Waals surface area contributed by atoms with Crippen molar-refractivity contribution in [3.05, 3.63) is 41.2 Å². The van der Waals surface area contributed by atoms with Crippen molar-refractivity contribution in [2.45, 2.75) is 40.5 Å². The van der Waals surface area contributed by atoms with E-state index in [1.165, 1.54) is 6.07 Å². The fraction of sp³-hybridized carbons (Fsp3) is 0.400. The molecule has 0 saturated heterocycles. The van der Waals surface area contributed by atoms with Crippen LogP contribution in [-0.4, -0.2) is 29.2 Å². The number of phenolic OH excluding ortho intramolecular Hbond substituents is 1. The zero-order valence-electron chi connectivity index (χ0n) is 16.4. The molecule has 0 saturated carbocycles. The second kappa shape index (κ2) is 17.4. The molecule has 0 spiro atoms. The van der Waals surface area contributed by atoms with Crippen LogP contribution in [0.3, 0.4) is 0 Å². The number of phenols is 1. The molecule has 2 rings (SSSR count). The Morgan fingerprint density at radius 3 is 2.08 bits per heavy atom. The van der Waals surface area contributed by atoms with Crippen LogP contribution >= 0.6 is 0 Å². The third-order valence-corrected chi connectivity index (χ3v) is 2.98. The fourth-order valence-electron chi connectivity index (χ4n) is 2.05. The zero-order chi connectivity index (χ0) is 20.0. The van der Waals surface area contributed by atoms with E-state index in [1.54, 1.807) is 25.1 Å². The first-order valence-corrected chi connectivity index (χ1v) is 8.09. The van der Waals surface area contributed by atoms with Crippen LogP contribution in [0.15, 0.2) is 24.3 Å². The van der Waals surface area contributed by atoms with E-state index in [-0.39, 0.29) is 49.9 Å². The number of aliphatic hydroxyl groups is 1. The van der Waals surface area contributed by atoms with Gasteiger partial charge in [-0.1, -0.05) is 39.7 Å². The molecule has 2 aromatic carbocycles. The minimum absolute atomic E-state index is 0. The Bertz CT molecular complexity index is 665. The van der Waals surface area contributed by atoms with E-state index in [0.717, 1.165) is 23.4 Å². The average Bonchev–Trinajstić information content (AvgIpc) is 2.64. The molecule has 6 heteroatoms. The van der Waals surface area contributed by atoms with Gasteiger partial charge in [0.15, 0.2) is 0 Å². The summed E-state index contributed by atoms with van der Waals surface area (Å²) in [5.41, 5.74) is 1.14. The molecule has 0 aliphatic rings. The smallest absolute Gasteiger partial charge is 0.139 e. The van der Waals surface area contributed by atoms with Crippen molar-refractivity contribution < 1.29 is 57.5 Å². The van der Waals surface area contributed by atoms with Crippen molar-refractivity contribution in [3.63, 3.8) is 0 Å². The van der Waals surface area contributed by atoms with Crippen LogP contribution in [0.2, 0.25) is 0 Å². The molecule has 0 aliphatic carbocycles. The first-order valence-electron chi connectivity index (χ1n) is 8.09.